The molecule has 1 aliphatic heterocycles. The number of halogens is 3. The van der Waals surface area contributed by atoms with Crippen LogP contribution in [0.4, 0.5) is 13.2 Å². The van der Waals surface area contributed by atoms with Crippen LogP contribution in [0.1, 0.15) is 33.6 Å². The normalized spacial score (nSPS) is 18.4. The van der Waals surface area contributed by atoms with Crippen LogP contribution in [-0.2, 0) is 28.5 Å². The first-order chi connectivity index (χ1) is 19.1. The fourth-order valence-corrected chi connectivity index (χ4v) is 6.44. The van der Waals surface area contributed by atoms with Gasteiger partial charge in [0.2, 0.25) is 5.76 Å². The number of alkyl halides is 3. The van der Waals surface area contributed by atoms with Crippen molar-refractivity contribution in [1.29, 1.82) is 0 Å². The predicted molar refractivity (Wildman–Crippen MR) is 140 cm³/mol. The number of nitrogens with two attached hydrogens (primary N) is 1. The molecule has 1 saturated heterocycles. The molecule has 40 heavy (non-hydrogen) atoms. The Hall–Kier alpha value is -4.03. The molecule has 2 aliphatic rings. The number of hydrogen-bond acceptors (Lipinski definition) is 8. The molecule has 206 valence electrons. The largest absolute Gasteiger partial charge is 0.468 e. The minimum atomic E-state index is -4.70. The van der Waals surface area contributed by atoms with E-state index in [0.29, 0.717) is 42.6 Å². The van der Waals surface area contributed by atoms with E-state index in [1.165, 1.54) is 12.0 Å². The van der Waals surface area contributed by atoms with E-state index >= 15 is 0 Å². The highest BCUT2D eigenvalue weighted by Crippen LogP contribution is 2.47. The summed E-state index contributed by atoms with van der Waals surface area (Å²) in [6, 6.07) is 13.3. The number of likely N-dealkylation sites (tertiary alicyclic amines) is 1. The van der Waals surface area contributed by atoms with Crippen molar-refractivity contribution < 1.29 is 32.0 Å². The van der Waals surface area contributed by atoms with Crippen LogP contribution < -0.4 is 5.73 Å². The van der Waals surface area contributed by atoms with Crippen LogP contribution in [0.3, 0.4) is 0 Å². The van der Waals surface area contributed by atoms with E-state index in [9.17, 15) is 22.8 Å². The van der Waals surface area contributed by atoms with Gasteiger partial charge in [0.25, 0.3) is 5.91 Å². The molecule has 1 amide bonds. The van der Waals surface area contributed by atoms with Crippen LogP contribution in [0.25, 0.3) is 32.5 Å². The third-order valence-electron chi connectivity index (χ3n) is 7.32. The summed E-state index contributed by atoms with van der Waals surface area (Å²) in [6.45, 7) is 0.384. The molecular formula is C28H23F3N4O4S. The maximum atomic E-state index is 14.2. The zero-order valence-corrected chi connectivity index (χ0v) is 22.1. The summed E-state index contributed by atoms with van der Waals surface area (Å²) in [5.41, 5.74) is 6.78. The molecule has 0 saturated carbocycles. The monoisotopic (exact) mass is 568 g/mol. The zero-order chi connectivity index (χ0) is 28.2. The quantitative estimate of drug-likeness (QED) is 0.346. The summed E-state index contributed by atoms with van der Waals surface area (Å²) in [5.74, 6) is -1.22. The Kier molecular flexibility index (Phi) is 6.26. The van der Waals surface area contributed by atoms with Crippen molar-refractivity contribution in [3.63, 3.8) is 0 Å². The lowest BCUT2D eigenvalue weighted by Crippen LogP contribution is -2.51. The number of esters is 1. The van der Waals surface area contributed by atoms with Gasteiger partial charge in [0.1, 0.15) is 16.8 Å². The number of thiazole rings is 1. The average molecular weight is 569 g/mol. The number of carbonyl (C=O) groups is 2. The molecular weight excluding hydrogens is 545 g/mol. The number of rotatable bonds is 4. The van der Waals surface area contributed by atoms with Crippen LogP contribution in [-0.4, -0.2) is 52.7 Å². The van der Waals surface area contributed by atoms with Gasteiger partial charge in [0.05, 0.1) is 17.7 Å². The molecule has 1 atom stereocenters. The molecule has 3 heterocycles. The lowest BCUT2D eigenvalue weighted by atomic mass is 9.92. The molecule has 8 nitrogen and oxygen atoms in total. The molecule has 1 unspecified atom stereocenters. The highest BCUT2D eigenvalue weighted by molar-refractivity contribution is 7.18. The van der Waals surface area contributed by atoms with E-state index in [2.05, 4.69) is 10.1 Å². The van der Waals surface area contributed by atoms with Crippen LogP contribution in [0.15, 0.2) is 53.1 Å². The van der Waals surface area contributed by atoms with Crippen molar-refractivity contribution in [3.8, 4) is 32.5 Å². The van der Waals surface area contributed by atoms with Crippen molar-refractivity contribution in [2.24, 2.45) is 5.73 Å². The third-order valence-corrected chi connectivity index (χ3v) is 8.45. The number of carbonyl (C=O) groups excluding carboxylic acids is 2. The Labute approximate surface area is 230 Å². The van der Waals surface area contributed by atoms with Gasteiger partial charge in [0, 0.05) is 24.2 Å². The van der Waals surface area contributed by atoms with Gasteiger partial charge in [0.15, 0.2) is 5.01 Å². The molecule has 12 heteroatoms. The SMILES string of the molecule is COC(=O)C1(N)CCN(C(=O)c2ccc3c(c2)CCc2nc(-c4onc(-c5ccccc5)c4C(F)(F)F)sc2-3)C1. The fourth-order valence-electron chi connectivity index (χ4n) is 5.29. The van der Waals surface area contributed by atoms with E-state index in [4.69, 9.17) is 15.0 Å². The number of hydrogen-bond donors (Lipinski definition) is 1. The molecule has 0 spiro atoms. The summed E-state index contributed by atoms with van der Waals surface area (Å²) < 4.78 is 52.7. The van der Waals surface area contributed by atoms with E-state index in [1.807, 2.05) is 0 Å². The topological polar surface area (TPSA) is 112 Å². The van der Waals surface area contributed by atoms with Crippen LogP contribution in [0.2, 0.25) is 0 Å². The molecule has 2 N–H and O–H groups in total. The Morgan fingerprint density at radius 2 is 1.93 bits per heavy atom. The molecule has 1 fully saturated rings. The highest BCUT2D eigenvalue weighted by atomic mass is 32.1. The van der Waals surface area contributed by atoms with Crippen LogP contribution >= 0.6 is 11.3 Å². The molecule has 4 aromatic rings. The molecule has 1 aliphatic carbocycles. The van der Waals surface area contributed by atoms with Crippen LogP contribution in [0, 0.1) is 0 Å². The lowest BCUT2D eigenvalue weighted by molar-refractivity contribution is -0.146. The number of amides is 1. The number of methoxy groups -OCH3 is 1. The van der Waals surface area contributed by atoms with Crippen molar-refractivity contribution >= 4 is 23.2 Å². The highest BCUT2D eigenvalue weighted by Gasteiger charge is 2.44. The summed E-state index contributed by atoms with van der Waals surface area (Å²) in [5, 5.41) is 3.86. The summed E-state index contributed by atoms with van der Waals surface area (Å²) in [6.07, 6.45) is -3.34. The van der Waals surface area contributed by atoms with Gasteiger partial charge in [-0.15, -0.1) is 11.3 Å². The average Bonchev–Trinajstić information content (AvgIpc) is 3.69. The van der Waals surface area contributed by atoms with Crippen molar-refractivity contribution in [3.05, 3.63) is 70.9 Å². The van der Waals surface area contributed by atoms with Crippen molar-refractivity contribution in [2.75, 3.05) is 20.2 Å². The Morgan fingerprint density at radius 3 is 2.65 bits per heavy atom. The van der Waals surface area contributed by atoms with Gasteiger partial charge in [-0.2, -0.15) is 13.2 Å². The molecule has 0 radical (unpaired) electrons. The first kappa shape index (κ1) is 26.2. The van der Waals surface area contributed by atoms with E-state index in [0.717, 1.165) is 27.3 Å². The van der Waals surface area contributed by atoms with Crippen LogP contribution in [0.5, 0.6) is 0 Å². The number of nitrogens with zero attached hydrogens (tertiary/aromatic N) is 3. The number of aromatic nitrogens is 2. The van der Waals surface area contributed by atoms with Gasteiger partial charge in [-0.3, -0.25) is 4.79 Å². The second-order valence-corrected chi connectivity index (χ2v) is 10.9. The Morgan fingerprint density at radius 1 is 1.15 bits per heavy atom. The predicted octanol–water partition coefficient (Wildman–Crippen LogP) is 4.97. The maximum absolute atomic E-state index is 14.2. The van der Waals surface area contributed by atoms with Crippen molar-refractivity contribution in [2.45, 2.75) is 31.0 Å². The Balaban J connectivity index is 1.32. The van der Waals surface area contributed by atoms with E-state index in [-0.39, 0.29) is 23.2 Å². The minimum absolute atomic E-state index is 0.0572. The zero-order valence-electron chi connectivity index (χ0n) is 21.2. The van der Waals surface area contributed by atoms with Gasteiger partial charge in [-0.25, -0.2) is 9.78 Å². The molecule has 6 rings (SSSR count). The fraction of sp³-hybridized carbons (Fsp3) is 0.286. The van der Waals surface area contributed by atoms with Gasteiger partial charge >= 0.3 is 12.1 Å². The smallest absolute Gasteiger partial charge is 0.422 e. The van der Waals surface area contributed by atoms with Gasteiger partial charge in [-0.05, 0) is 42.5 Å². The van der Waals surface area contributed by atoms with Crippen molar-refractivity contribution in [1.82, 2.24) is 15.0 Å². The molecule has 2 aromatic heterocycles. The number of ether oxygens (including phenoxy) is 1. The lowest BCUT2D eigenvalue weighted by Gasteiger charge is -2.22. The third kappa shape index (κ3) is 4.37. The summed E-state index contributed by atoms with van der Waals surface area (Å²) >= 11 is 1.11. The molecule has 2 aromatic carbocycles. The van der Waals surface area contributed by atoms with Gasteiger partial charge < -0.3 is 19.9 Å². The number of fused-ring (bicyclic) bond motifs is 3. The maximum Gasteiger partial charge on any atom is 0.422 e. The number of benzene rings is 2. The number of aryl methyl sites for hydroxylation is 2. The van der Waals surface area contributed by atoms with E-state index < -0.39 is 29.0 Å². The molecule has 0 bridgehead atoms. The second kappa shape index (κ2) is 9.56. The van der Waals surface area contributed by atoms with E-state index in [1.54, 1.807) is 48.5 Å². The first-order valence-electron chi connectivity index (χ1n) is 12.5. The minimum Gasteiger partial charge on any atom is -0.468 e. The summed E-state index contributed by atoms with van der Waals surface area (Å²) in [7, 11) is 1.26. The second-order valence-electron chi connectivity index (χ2n) is 9.89. The first-order valence-corrected chi connectivity index (χ1v) is 13.3. The summed E-state index contributed by atoms with van der Waals surface area (Å²) in [4.78, 5) is 32.0. The standard InChI is InChI=1S/C28H23F3N4O4S/c1-38-26(37)27(32)11-12-35(14-27)25(36)17-7-9-18-16(13-17)8-10-19-23(18)40-24(33-19)22-20(28(29,30)31)21(34-39-22)15-5-3-2-4-6-15/h2-7,9,13H,8,10-12,14,32H2,1H3. The van der Waals surface area contributed by atoms with Gasteiger partial charge in [-0.1, -0.05) is 41.6 Å². The Bertz CT molecular complexity index is 1630.